The largest absolute Gasteiger partial charge is 0.497 e. The van der Waals surface area contributed by atoms with Crippen molar-refractivity contribution < 1.29 is 4.74 Å². The molecule has 142 valence electrons. The Hall–Kier alpha value is -2.39. The number of aliphatic imine (C=N–C) groups is 1. The predicted molar refractivity (Wildman–Crippen MR) is 109 cm³/mol. The third-order valence-electron chi connectivity index (χ3n) is 4.41. The minimum Gasteiger partial charge on any atom is -0.497 e. The van der Waals surface area contributed by atoms with Crippen molar-refractivity contribution in [3.05, 3.63) is 24.3 Å². The van der Waals surface area contributed by atoms with E-state index in [4.69, 9.17) is 11.2 Å². The van der Waals surface area contributed by atoms with Crippen molar-refractivity contribution in [1.29, 1.82) is 0 Å². The van der Waals surface area contributed by atoms with Crippen molar-refractivity contribution in [1.82, 2.24) is 15.5 Å². The van der Waals surface area contributed by atoms with Gasteiger partial charge in [0.2, 0.25) is 0 Å². The molecule has 0 amide bonds. The molecule has 2 N–H and O–H groups in total. The standard InChI is InChI=1S/C20H31N5O/c1-4-11-22-20(21-5-2)23-12-6-13-24-14-16-25(17-15-24)18-7-9-19(26-3)10-8-18/h1,7-10H,5-6,11-17H2,2-3H3,(H2,21,22,23). The molecule has 0 bridgehead atoms. The highest BCUT2D eigenvalue weighted by atomic mass is 16.5. The van der Waals surface area contributed by atoms with Crippen molar-refractivity contribution in [2.45, 2.75) is 13.3 Å². The topological polar surface area (TPSA) is 52.1 Å². The number of hydrogen-bond donors (Lipinski definition) is 2. The minimum absolute atomic E-state index is 0.499. The second kappa shape index (κ2) is 11.3. The van der Waals surface area contributed by atoms with Gasteiger partial charge in [-0.1, -0.05) is 5.92 Å². The van der Waals surface area contributed by atoms with E-state index in [2.05, 4.69) is 50.4 Å². The second-order valence-corrected chi connectivity index (χ2v) is 6.20. The number of rotatable bonds is 8. The second-order valence-electron chi connectivity index (χ2n) is 6.20. The lowest BCUT2D eigenvalue weighted by Gasteiger charge is -2.36. The van der Waals surface area contributed by atoms with Crippen LogP contribution in [-0.2, 0) is 0 Å². The zero-order valence-corrected chi connectivity index (χ0v) is 16.0. The van der Waals surface area contributed by atoms with Gasteiger partial charge in [0.15, 0.2) is 5.96 Å². The molecule has 1 heterocycles. The van der Waals surface area contributed by atoms with E-state index in [1.807, 2.05) is 12.1 Å². The van der Waals surface area contributed by atoms with Crippen LogP contribution in [0.2, 0.25) is 0 Å². The molecule has 0 aromatic heterocycles. The Morgan fingerprint density at radius 2 is 1.92 bits per heavy atom. The number of nitrogens with zero attached hydrogens (tertiary/aromatic N) is 3. The number of benzene rings is 1. The molecule has 6 heteroatoms. The molecular weight excluding hydrogens is 326 g/mol. The average molecular weight is 358 g/mol. The summed E-state index contributed by atoms with van der Waals surface area (Å²) in [5.41, 5.74) is 1.27. The third kappa shape index (κ3) is 6.49. The van der Waals surface area contributed by atoms with Crippen LogP contribution in [0.5, 0.6) is 5.75 Å². The van der Waals surface area contributed by atoms with Crippen LogP contribution in [0.1, 0.15) is 13.3 Å². The smallest absolute Gasteiger partial charge is 0.192 e. The van der Waals surface area contributed by atoms with Crippen LogP contribution < -0.4 is 20.3 Å². The van der Waals surface area contributed by atoms with E-state index in [0.29, 0.717) is 6.54 Å². The fraction of sp³-hybridized carbons (Fsp3) is 0.550. The van der Waals surface area contributed by atoms with E-state index in [1.165, 1.54) is 5.69 Å². The summed E-state index contributed by atoms with van der Waals surface area (Å²) in [5.74, 6) is 4.28. The number of hydrogen-bond acceptors (Lipinski definition) is 4. The Morgan fingerprint density at radius 1 is 1.19 bits per heavy atom. The van der Waals surface area contributed by atoms with Gasteiger partial charge < -0.3 is 20.3 Å². The molecule has 1 fully saturated rings. The monoisotopic (exact) mass is 357 g/mol. The molecule has 0 aliphatic carbocycles. The molecule has 1 aromatic carbocycles. The van der Waals surface area contributed by atoms with Gasteiger partial charge >= 0.3 is 0 Å². The first-order chi connectivity index (χ1) is 12.8. The average Bonchev–Trinajstić information content (AvgIpc) is 2.70. The number of methoxy groups -OCH3 is 1. The third-order valence-corrected chi connectivity index (χ3v) is 4.41. The van der Waals surface area contributed by atoms with Gasteiger partial charge in [0.1, 0.15) is 5.75 Å². The first kappa shape index (κ1) is 19.9. The van der Waals surface area contributed by atoms with Gasteiger partial charge in [0, 0.05) is 51.5 Å². The lowest BCUT2D eigenvalue weighted by atomic mass is 10.2. The molecule has 1 aliphatic heterocycles. The van der Waals surface area contributed by atoms with Crippen LogP contribution >= 0.6 is 0 Å². The lowest BCUT2D eigenvalue weighted by molar-refractivity contribution is 0.256. The van der Waals surface area contributed by atoms with Crippen LogP contribution in [0, 0.1) is 12.3 Å². The molecule has 2 rings (SSSR count). The normalized spacial score (nSPS) is 15.4. The molecule has 6 nitrogen and oxygen atoms in total. The first-order valence-electron chi connectivity index (χ1n) is 9.33. The Labute approximate surface area is 157 Å². The summed E-state index contributed by atoms with van der Waals surface area (Å²) in [6.07, 6.45) is 6.33. The van der Waals surface area contributed by atoms with E-state index in [-0.39, 0.29) is 0 Å². The molecule has 1 saturated heterocycles. The van der Waals surface area contributed by atoms with Crippen molar-refractivity contribution >= 4 is 11.6 Å². The molecule has 0 unspecified atom stereocenters. The summed E-state index contributed by atoms with van der Waals surface area (Å²) in [6, 6.07) is 8.31. The molecule has 0 saturated carbocycles. The molecule has 0 atom stereocenters. The van der Waals surface area contributed by atoms with E-state index in [0.717, 1.165) is 63.9 Å². The Balaban J connectivity index is 1.69. The van der Waals surface area contributed by atoms with Gasteiger partial charge in [-0.3, -0.25) is 9.89 Å². The summed E-state index contributed by atoms with van der Waals surface area (Å²) in [7, 11) is 1.70. The van der Waals surface area contributed by atoms with Gasteiger partial charge in [0.05, 0.1) is 13.7 Å². The first-order valence-corrected chi connectivity index (χ1v) is 9.33. The molecule has 0 radical (unpaired) electrons. The molecule has 1 aliphatic rings. The maximum absolute atomic E-state index is 5.28. The van der Waals surface area contributed by atoms with Crippen LogP contribution in [0.3, 0.4) is 0 Å². The Morgan fingerprint density at radius 3 is 2.54 bits per heavy atom. The SMILES string of the molecule is C#CCNC(=NCCCN1CCN(c2ccc(OC)cc2)CC1)NCC. The molecular formula is C20H31N5O. The fourth-order valence-electron chi connectivity index (χ4n) is 2.98. The number of guanidine groups is 1. The molecule has 26 heavy (non-hydrogen) atoms. The number of nitrogens with one attached hydrogen (secondary N) is 2. The van der Waals surface area contributed by atoms with Gasteiger partial charge in [-0.2, -0.15) is 0 Å². The Bertz CT molecular complexity index is 585. The van der Waals surface area contributed by atoms with Gasteiger partial charge in [-0.05, 0) is 37.6 Å². The quantitative estimate of drug-likeness (QED) is 0.319. The highest BCUT2D eigenvalue weighted by Gasteiger charge is 2.16. The maximum atomic E-state index is 5.28. The van der Waals surface area contributed by atoms with Crippen molar-refractivity contribution in [3.63, 3.8) is 0 Å². The van der Waals surface area contributed by atoms with Crippen molar-refractivity contribution in [2.75, 3.05) is 64.4 Å². The van der Waals surface area contributed by atoms with E-state index >= 15 is 0 Å². The van der Waals surface area contributed by atoms with Crippen LogP contribution in [0.4, 0.5) is 5.69 Å². The summed E-state index contributed by atoms with van der Waals surface area (Å²) in [5, 5.41) is 6.32. The summed E-state index contributed by atoms with van der Waals surface area (Å²) in [4.78, 5) is 9.51. The van der Waals surface area contributed by atoms with Gasteiger partial charge in [-0.15, -0.1) is 6.42 Å². The zero-order chi connectivity index (χ0) is 18.6. The van der Waals surface area contributed by atoms with E-state index in [9.17, 15) is 0 Å². The molecule has 1 aromatic rings. The summed E-state index contributed by atoms with van der Waals surface area (Å²) >= 11 is 0. The Kier molecular flexibility index (Phi) is 8.64. The highest BCUT2D eigenvalue weighted by Crippen LogP contribution is 2.20. The van der Waals surface area contributed by atoms with Gasteiger partial charge in [0.25, 0.3) is 0 Å². The molecule has 0 spiro atoms. The lowest BCUT2D eigenvalue weighted by Crippen LogP contribution is -2.46. The van der Waals surface area contributed by atoms with Crippen molar-refractivity contribution in [3.8, 4) is 18.1 Å². The van der Waals surface area contributed by atoms with Crippen molar-refractivity contribution in [2.24, 2.45) is 4.99 Å². The fourth-order valence-corrected chi connectivity index (χ4v) is 2.98. The number of ether oxygens (including phenoxy) is 1. The maximum Gasteiger partial charge on any atom is 0.192 e. The number of anilines is 1. The summed E-state index contributed by atoms with van der Waals surface area (Å²) < 4.78 is 5.23. The number of piperazine rings is 1. The summed E-state index contributed by atoms with van der Waals surface area (Å²) in [6.45, 7) is 9.56. The minimum atomic E-state index is 0.499. The van der Waals surface area contributed by atoms with E-state index < -0.39 is 0 Å². The van der Waals surface area contributed by atoms with E-state index in [1.54, 1.807) is 7.11 Å². The van der Waals surface area contributed by atoms with Crippen LogP contribution in [-0.4, -0.2) is 70.3 Å². The zero-order valence-electron chi connectivity index (χ0n) is 16.0. The van der Waals surface area contributed by atoms with Crippen LogP contribution in [0.15, 0.2) is 29.3 Å². The van der Waals surface area contributed by atoms with Crippen LogP contribution in [0.25, 0.3) is 0 Å². The van der Waals surface area contributed by atoms with Gasteiger partial charge in [-0.25, -0.2) is 0 Å². The number of terminal acetylenes is 1. The highest BCUT2D eigenvalue weighted by molar-refractivity contribution is 5.79. The predicted octanol–water partition coefficient (Wildman–Crippen LogP) is 1.40.